The standard InChI is InChI=1S/C20H24O/c1-3-14-5-9-19-18-7-4-13-12-15(21)6-8-16(13)17(18)10-11-20(14,19)2/h3-4,6-8,12,14,17-19,21H,1,5,9-11H2,2H3. The van der Waals surface area contributed by atoms with Crippen LogP contribution in [0.15, 0.2) is 36.9 Å². The summed E-state index contributed by atoms with van der Waals surface area (Å²) in [6.07, 6.45) is 12.1. The maximum atomic E-state index is 9.70. The van der Waals surface area contributed by atoms with Gasteiger partial charge in [0.2, 0.25) is 0 Å². The van der Waals surface area contributed by atoms with Gasteiger partial charge in [0.25, 0.3) is 0 Å². The first-order chi connectivity index (χ1) is 10.1. The Morgan fingerprint density at radius 2 is 2.14 bits per heavy atom. The van der Waals surface area contributed by atoms with Gasteiger partial charge in [-0.05, 0) is 78.0 Å². The summed E-state index contributed by atoms with van der Waals surface area (Å²) in [4.78, 5) is 0. The normalized spacial score (nSPS) is 40.2. The van der Waals surface area contributed by atoms with Gasteiger partial charge in [0.15, 0.2) is 0 Å². The Morgan fingerprint density at radius 1 is 1.29 bits per heavy atom. The van der Waals surface area contributed by atoms with Crippen molar-refractivity contribution in [3.63, 3.8) is 0 Å². The Morgan fingerprint density at radius 3 is 2.95 bits per heavy atom. The van der Waals surface area contributed by atoms with E-state index in [0.717, 1.165) is 5.92 Å². The number of hydrogen-bond donors (Lipinski definition) is 1. The quantitative estimate of drug-likeness (QED) is 0.707. The van der Waals surface area contributed by atoms with Crippen molar-refractivity contribution in [3.05, 3.63) is 48.1 Å². The molecule has 2 saturated carbocycles. The number of aromatic hydroxyl groups is 1. The molecule has 0 saturated heterocycles. The van der Waals surface area contributed by atoms with Crippen LogP contribution in [0.3, 0.4) is 0 Å². The highest BCUT2D eigenvalue weighted by atomic mass is 16.3. The molecule has 1 aromatic rings. The molecule has 4 rings (SSSR count). The van der Waals surface area contributed by atoms with Crippen LogP contribution in [0.5, 0.6) is 5.75 Å². The van der Waals surface area contributed by atoms with Gasteiger partial charge in [-0.25, -0.2) is 0 Å². The maximum absolute atomic E-state index is 9.70. The van der Waals surface area contributed by atoms with Crippen molar-refractivity contribution in [1.82, 2.24) is 0 Å². The van der Waals surface area contributed by atoms with Gasteiger partial charge in [-0.15, -0.1) is 6.58 Å². The minimum Gasteiger partial charge on any atom is -0.508 e. The molecule has 2 fully saturated rings. The van der Waals surface area contributed by atoms with E-state index in [2.05, 4.69) is 37.8 Å². The van der Waals surface area contributed by atoms with Crippen LogP contribution in [0.4, 0.5) is 0 Å². The van der Waals surface area contributed by atoms with Gasteiger partial charge < -0.3 is 5.11 Å². The van der Waals surface area contributed by atoms with Gasteiger partial charge in [-0.2, -0.15) is 0 Å². The van der Waals surface area contributed by atoms with Gasteiger partial charge in [0, 0.05) is 0 Å². The first-order valence-electron chi connectivity index (χ1n) is 8.27. The molecule has 1 nitrogen and oxygen atoms in total. The van der Waals surface area contributed by atoms with Gasteiger partial charge in [0.05, 0.1) is 0 Å². The van der Waals surface area contributed by atoms with Crippen molar-refractivity contribution in [2.75, 3.05) is 0 Å². The lowest BCUT2D eigenvalue weighted by molar-refractivity contribution is 0.0713. The minimum atomic E-state index is 0.380. The van der Waals surface area contributed by atoms with Crippen LogP contribution in [0.25, 0.3) is 6.08 Å². The molecule has 0 aromatic heterocycles. The number of rotatable bonds is 1. The SMILES string of the molecule is C=CC1CCC2C3C=Cc4cc(O)ccc4C3CCC12C. The fourth-order valence-electron chi connectivity index (χ4n) is 5.51. The van der Waals surface area contributed by atoms with Crippen molar-refractivity contribution in [2.45, 2.75) is 38.5 Å². The summed E-state index contributed by atoms with van der Waals surface area (Å²) in [5.74, 6) is 3.18. The Labute approximate surface area is 127 Å². The third kappa shape index (κ3) is 1.76. The Hall–Kier alpha value is -1.50. The summed E-state index contributed by atoms with van der Waals surface area (Å²) in [7, 11) is 0. The average molecular weight is 280 g/mol. The van der Waals surface area contributed by atoms with Crippen molar-refractivity contribution in [3.8, 4) is 5.75 Å². The highest BCUT2D eigenvalue weighted by molar-refractivity contribution is 5.61. The molecule has 0 amide bonds. The van der Waals surface area contributed by atoms with Crippen LogP contribution >= 0.6 is 0 Å². The lowest BCUT2D eigenvalue weighted by Crippen LogP contribution is -2.40. The Kier molecular flexibility index (Phi) is 2.82. The van der Waals surface area contributed by atoms with E-state index in [4.69, 9.17) is 0 Å². The fourth-order valence-corrected chi connectivity index (χ4v) is 5.51. The second-order valence-electron chi connectivity index (χ2n) is 7.43. The highest BCUT2D eigenvalue weighted by Crippen LogP contribution is 2.62. The molecule has 110 valence electrons. The molecule has 5 unspecified atom stereocenters. The molecule has 5 atom stereocenters. The molecular formula is C20H24O. The van der Waals surface area contributed by atoms with E-state index in [9.17, 15) is 5.11 Å². The summed E-state index contributed by atoms with van der Waals surface area (Å²) in [5, 5.41) is 9.70. The molecule has 1 heteroatoms. The number of fused-ring (bicyclic) bond motifs is 5. The summed E-state index contributed by atoms with van der Waals surface area (Å²) in [5.41, 5.74) is 3.12. The van der Waals surface area contributed by atoms with Crippen LogP contribution in [0, 0.1) is 23.2 Å². The van der Waals surface area contributed by atoms with E-state index in [1.807, 2.05) is 12.1 Å². The molecule has 0 spiro atoms. The van der Waals surface area contributed by atoms with Crippen molar-refractivity contribution in [1.29, 1.82) is 0 Å². The molecule has 21 heavy (non-hydrogen) atoms. The van der Waals surface area contributed by atoms with Gasteiger partial charge in [-0.3, -0.25) is 0 Å². The molecular weight excluding hydrogens is 256 g/mol. The van der Waals surface area contributed by atoms with Crippen LogP contribution < -0.4 is 0 Å². The van der Waals surface area contributed by atoms with Gasteiger partial charge in [0.1, 0.15) is 5.75 Å². The zero-order valence-corrected chi connectivity index (χ0v) is 12.8. The average Bonchev–Trinajstić information content (AvgIpc) is 2.83. The zero-order chi connectivity index (χ0) is 14.6. The van der Waals surface area contributed by atoms with E-state index in [1.54, 1.807) is 0 Å². The van der Waals surface area contributed by atoms with Crippen LogP contribution in [-0.4, -0.2) is 5.11 Å². The number of phenolic OH excluding ortho intramolecular Hbond substituents is 1. The third-order valence-electron chi connectivity index (χ3n) is 6.66. The highest BCUT2D eigenvalue weighted by Gasteiger charge is 2.52. The van der Waals surface area contributed by atoms with Crippen LogP contribution in [0.2, 0.25) is 0 Å². The molecule has 3 aliphatic rings. The van der Waals surface area contributed by atoms with E-state index in [0.29, 0.717) is 28.9 Å². The first-order valence-corrected chi connectivity index (χ1v) is 8.27. The van der Waals surface area contributed by atoms with Crippen molar-refractivity contribution >= 4 is 6.08 Å². The zero-order valence-electron chi connectivity index (χ0n) is 12.8. The Balaban J connectivity index is 1.73. The second kappa shape index (κ2) is 4.50. The lowest BCUT2D eigenvalue weighted by atomic mass is 9.55. The van der Waals surface area contributed by atoms with Crippen molar-refractivity contribution in [2.24, 2.45) is 23.2 Å². The first kappa shape index (κ1) is 13.2. The Bertz CT molecular complexity index is 614. The lowest BCUT2D eigenvalue weighted by Gasteiger charge is -2.49. The maximum Gasteiger partial charge on any atom is 0.116 e. The number of hydrogen-bond acceptors (Lipinski definition) is 1. The second-order valence-corrected chi connectivity index (χ2v) is 7.43. The molecule has 0 aliphatic heterocycles. The minimum absolute atomic E-state index is 0.380. The van der Waals surface area contributed by atoms with Gasteiger partial charge >= 0.3 is 0 Å². The third-order valence-corrected chi connectivity index (χ3v) is 6.66. The summed E-state index contributed by atoms with van der Waals surface area (Å²) >= 11 is 0. The number of allylic oxidation sites excluding steroid dienone is 2. The topological polar surface area (TPSA) is 20.2 Å². The summed E-state index contributed by atoms with van der Waals surface area (Å²) < 4.78 is 0. The molecule has 0 bridgehead atoms. The monoisotopic (exact) mass is 280 g/mol. The summed E-state index contributed by atoms with van der Waals surface area (Å²) in [6.45, 7) is 6.58. The largest absolute Gasteiger partial charge is 0.508 e. The van der Waals surface area contributed by atoms with E-state index < -0.39 is 0 Å². The van der Waals surface area contributed by atoms with E-state index in [-0.39, 0.29) is 0 Å². The molecule has 1 aromatic carbocycles. The van der Waals surface area contributed by atoms with Crippen LogP contribution in [-0.2, 0) is 0 Å². The molecule has 3 aliphatic carbocycles. The predicted molar refractivity (Wildman–Crippen MR) is 87.1 cm³/mol. The van der Waals surface area contributed by atoms with Gasteiger partial charge in [-0.1, -0.05) is 31.2 Å². The fraction of sp³-hybridized carbons (Fsp3) is 0.500. The molecule has 1 N–H and O–H groups in total. The summed E-state index contributed by atoms with van der Waals surface area (Å²) in [6, 6.07) is 5.91. The van der Waals surface area contributed by atoms with E-state index in [1.165, 1.54) is 36.8 Å². The smallest absolute Gasteiger partial charge is 0.116 e. The molecule has 0 heterocycles. The number of benzene rings is 1. The van der Waals surface area contributed by atoms with Crippen LogP contribution in [0.1, 0.15) is 49.7 Å². The van der Waals surface area contributed by atoms with Crippen molar-refractivity contribution < 1.29 is 5.11 Å². The van der Waals surface area contributed by atoms with E-state index >= 15 is 0 Å². The predicted octanol–water partition coefficient (Wildman–Crippen LogP) is 5.13. The molecule has 0 radical (unpaired) electrons. The number of phenols is 1.